The number of unbranched alkanes of at least 4 members (excludes halogenated alkanes) is 18. The van der Waals surface area contributed by atoms with E-state index < -0.39 is 0 Å². The highest BCUT2D eigenvalue weighted by atomic mass is 16.5. The van der Waals surface area contributed by atoms with Gasteiger partial charge in [0.15, 0.2) is 11.5 Å². The van der Waals surface area contributed by atoms with E-state index in [1.807, 2.05) is 24.3 Å². The van der Waals surface area contributed by atoms with Gasteiger partial charge in [0.25, 0.3) is 0 Å². The quantitative estimate of drug-likeness (QED) is 0.0574. The minimum atomic E-state index is -0.260. The second kappa shape index (κ2) is 26.4. The number of para-hydroxylation sites is 1. The fourth-order valence-corrected chi connectivity index (χ4v) is 6.01. The van der Waals surface area contributed by atoms with Crippen molar-refractivity contribution < 1.29 is 19.0 Å². The van der Waals surface area contributed by atoms with Gasteiger partial charge in [-0.3, -0.25) is 0 Å². The molecule has 4 nitrogen and oxygen atoms in total. The van der Waals surface area contributed by atoms with Gasteiger partial charge in [-0.2, -0.15) is 0 Å². The van der Waals surface area contributed by atoms with Gasteiger partial charge in [-0.15, -0.1) is 0 Å². The van der Waals surface area contributed by atoms with Gasteiger partial charge >= 0.3 is 5.97 Å². The Balaban J connectivity index is 1.79. The van der Waals surface area contributed by atoms with Gasteiger partial charge in [0, 0.05) is 11.6 Å². The summed E-state index contributed by atoms with van der Waals surface area (Å²) in [4.78, 5) is 12.5. The highest BCUT2D eigenvalue weighted by Gasteiger charge is 2.17. The van der Waals surface area contributed by atoms with Crippen molar-refractivity contribution in [1.82, 2.24) is 0 Å². The van der Waals surface area contributed by atoms with Crippen LogP contribution in [-0.4, -0.2) is 25.3 Å². The van der Waals surface area contributed by atoms with Crippen LogP contribution in [0.3, 0.4) is 0 Å². The molecule has 246 valence electrons. The molecule has 0 unspecified atom stereocenters. The molecular weight excluding hydrogens is 532 g/mol. The number of hydrogen-bond donors (Lipinski definition) is 0. The Morgan fingerprint density at radius 2 is 1.14 bits per heavy atom. The molecule has 1 aromatic carbocycles. The first kappa shape index (κ1) is 37.2. The average molecular weight is 599 g/mol. The number of rotatable bonds is 27. The normalized spacial score (nSPS) is 13.9. The number of carbonyl (C=O) groups is 1. The summed E-state index contributed by atoms with van der Waals surface area (Å²) in [6.45, 7) is 5.92. The first-order valence-electron chi connectivity index (χ1n) is 18.5. The molecule has 0 bridgehead atoms. The van der Waals surface area contributed by atoms with Crippen LogP contribution in [0.15, 0.2) is 24.3 Å². The molecule has 0 radical (unpaired) electrons. The van der Waals surface area contributed by atoms with E-state index in [0.29, 0.717) is 13.2 Å². The van der Waals surface area contributed by atoms with Crippen LogP contribution >= 0.6 is 0 Å². The summed E-state index contributed by atoms with van der Waals surface area (Å²) < 4.78 is 18.3. The summed E-state index contributed by atoms with van der Waals surface area (Å²) in [5.74, 6) is 1.28. The molecule has 43 heavy (non-hydrogen) atoms. The highest BCUT2D eigenvalue weighted by molar-refractivity contribution is 5.88. The van der Waals surface area contributed by atoms with Gasteiger partial charge in [-0.05, 0) is 50.7 Å². The first-order valence-corrected chi connectivity index (χ1v) is 18.5. The van der Waals surface area contributed by atoms with Crippen molar-refractivity contribution >= 4 is 12.0 Å². The van der Waals surface area contributed by atoms with Gasteiger partial charge < -0.3 is 14.2 Å². The summed E-state index contributed by atoms with van der Waals surface area (Å²) >= 11 is 0. The second-order valence-corrected chi connectivity index (χ2v) is 12.8. The zero-order chi connectivity index (χ0) is 30.6. The van der Waals surface area contributed by atoms with Gasteiger partial charge in [0.2, 0.25) is 0 Å². The Morgan fingerprint density at radius 1 is 0.651 bits per heavy atom. The predicted octanol–water partition coefficient (Wildman–Crippen LogP) is 12.2. The van der Waals surface area contributed by atoms with E-state index in [-0.39, 0.29) is 12.1 Å². The maximum absolute atomic E-state index is 12.5. The van der Waals surface area contributed by atoms with E-state index >= 15 is 0 Å². The van der Waals surface area contributed by atoms with E-state index in [4.69, 9.17) is 14.2 Å². The number of benzene rings is 1. The van der Waals surface area contributed by atoms with Crippen LogP contribution in [0.2, 0.25) is 0 Å². The van der Waals surface area contributed by atoms with Gasteiger partial charge in [0.05, 0.1) is 13.2 Å². The van der Waals surface area contributed by atoms with Gasteiger partial charge in [0.1, 0.15) is 6.10 Å². The monoisotopic (exact) mass is 598 g/mol. The third kappa shape index (κ3) is 19.1. The maximum atomic E-state index is 12.5. The number of hydrogen-bond acceptors (Lipinski definition) is 4. The van der Waals surface area contributed by atoms with Crippen molar-refractivity contribution in [2.75, 3.05) is 13.2 Å². The largest absolute Gasteiger partial charge is 0.490 e. The standard InChI is InChI=1S/C39H66O4/c1-3-5-7-9-11-13-15-17-19-24-33-41-37-30-26-27-35(31-32-38(40)43-36-28-22-21-23-29-36)39(37)42-34-25-20-18-16-14-12-10-8-6-4-2/h26-27,30-32,36H,3-25,28-29,33-34H2,1-2H3. The summed E-state index contributed by atoms with van der Waals surface area (Å²) in [5.41, 5.74) is 0.883. The summed E-state index contributed by atoms with van der Waals surface area (Å²) in [7, 11) is 0. The molecule has 0 aliphatic heterocycles. The third-order valence-electron chi connectivity index (χ3n) is 8.74. The van der Waals surface area contributed by atoms with E-state index in [0.717, 1.165) is 55.6 Å². The fourth-order valence-electron chi connectivity index (χ4n) is 6.01. The number of carbonyl (C=O) groups excluding carboxylic acids is 1. The third-order valence-corrected chi connectivity index (χ3v) is 8.74. The molecule has 0 N–H and O–H groups in total. The van der Waals surface area contributed by atoms with E-state index in [2.05, 4.69) is 13.8 Å². The zero-order valence-corrected chi connectivity index (χ0v) is 28.2. The van der Waals surface area contributed by atoms with Gasteiger partial charge in [-0.1, -0.05) is 148 Å². The van der Waals surface area contributed by atoms with Crippen molar-refractivity contribution in [2.24, 2.45) is 0 Å². The minimum Gasteiger partial charge on any atom is -0.490 e. The van der Waals surface area contributed by atoms with Crippen LogP contribution in [0.25, 0.3) is 6.08 Å². The molecule has 0 spiro atoms. The maximum Gasteiger partial charge on any atom is 0.331 e. The Kier molecular flexibility index (Phi) is 22.9. The lowest BCUT2D eigenvalue weighted by Crippen LogP contribution is -2.19. The summed E-state index contributed by atoms with van der Waals surface area (Å²) in [6, 6.07) is 6.00. The molecule has 0 amide bonds. The first-order chi connectivity index (χ1) is 21.2. The number of ether oxygens (including phenoxy) is 3. The van der Waals surface area contributed by atoms with Crippen molar-refractivity contribution in [2.45, 2.75) is 180 Å². The minimum absolute atomic E-state index is 0.0636. The smallest absolute Gasteiger partial charge is 0.331 e. The molecule has 1 fully saturated rings. The lowest BCUT2D eigenvalue weighted by molar-refractivity contribution is -0.144. The van der Waals surface area contributed by atoms with E-state index in [9.17, 15) is 4.79 Å². The molecular formula is C39H66O4. The van der Waals surface area contributed by atoms with Crippen molar-refractivity contribution in [3.05, 3.63) is 29.8 Å². The van der Waals surface area contributed by atoms with Crippen molar-refractivity contribution in [3.63, 3.8) is 0 Å². The van der Waals surface area contributed by atoms with Crippen LogP contribution in [-0.2, 0) is 9.53 Å². The lowest BCUT2D eigenvalue weighted by atomic mass is 9.98. The summed E-state index contributed by atoms with van der Waals surface area (Å²) in [5, 5.41) is 0. The molecule has 0 atom stereocenters. The highest BCUT2D eigenvalue weighted by Crippen LogP contribution is 2.33. The Labute approximate surface area is 265 Å². The van der Waals surface area contributed by atoms with E-state index in [1.165, 1.54) is 122 Å². The SMILES string of the molecule is CCCCCCCCCCCCOc1cccc(C=CC(=O)OC2CCCCC2)c1OCCCCCCCCCCCC. The Bertz CT molecular complexity index is 827. The van der Waals surface area contributed by atoms with Crippen molar-refractivity contribution in [1.29, 1.82) is 0 Å². The second-order valence-electron chi connectivity index (χ2n) is 12.8. The van der Waals surface area contributed by atoms with Crippen LogP contribution in [0, 0.1) is 0 Å². The molecule has 1 aliphatic rings. The molecule has 0 heterocycles. The van der Waals surface area contributed by atoms with Crippen LogP contribution in [0.4, 0.5) is 0 Å². The van der Waals surface area contributed by atoms with E-state index in [1.54, 1.807) is 6.08 Å². The topological polar surface area (TPSA) is 44.8 Å². The molecule has 0 aromatic heterocycles. The molecule has 2 rings (SSSR count). The fraction of sp³-hybridized carbons (Fsp3) is 0.769. The predicted molar refractivity (Wildman–Crippen MR) is 183 cm³/mol. The number of esters is 1. The van der Waals surface area contributed by atoms with Gasteiger partial charge in [-0.25, -0.2) is 4.79 Å². The molecule has 1 saturated carbocycles. The van der Waals surface area contributed by atoms with Crippen LogP contribution in [0.1, 0.15) is 180 Å². The average Bonchev–Trinajstić information content (AvgIpc) is 3.02. The van der Waals surface area contributed by atoms with Crippen molar-refractivity contribution in [3.8, 4) is 11.5 Å². The summed E-state index contributed by atoms with van der Waals surface area (Å²) in [6.07, 6.45) is 35.1. The molecule has 1 aliphatic carbocycles. The van der Waals surface area contributed by atoms with Crippen LogP contribution < -0.4 is 9.47 Å². The Morgan fingerprint density at radius 3 is 1.67 bits per heavy atom. The lowest BCUT2D eigenvalue weighted by Gasteiger charge is -2.21. The molecule has 1 aromatic rings. The molecule has 0 saturated heterocycles. The van der Waals surface area contributed by atoms with Crippen LogP contribution in [0.5, 0.6) is 11.5 Å². The Hall–Kier alpha value is -1.97. The molecule has 4 heteroatoms. The zero-order valence-electron chi connectivity index (χ0n) is 28.2.